The van der Waals surface area contributed by atoms with E-state index in [1.54, 1.807) is 12.1 Å². The average molecular weight is 588 g/mol. The Morgan fingerprint density at radius 3 is 2.02 bits per heavy atom. The third-order valence-corrected chi connectivity index (χ3v) is 12.7. The van der Waals surface area contributed by atoms with E-state index in [1.807, 2.05) is 13.0 Å². The number of hydrogen-bond acceptors (Lipinski definition) is 5. The average Bonchev–Trinajstić information content (AvgIpc) is 2.97. The van der Waals surface area contributed by atoms with Crippen LogP contribution in [-0.4, -0.2) is 32.6 Å². The Balaban J connectivity index is 1.79. The highest BCUT2D eigenvalue weighted by Gasteiger charge is 2.51. The van der Waals surface area contributed by atoms with Crippen molar-refractivity contribution in [1.82, 2.24) is 0 Å². The molecule has 6 nitrogen and oxygen atoms in total. The number of ether oxygens (including phenoxy) is 2. The minimum atomic E-state index is -2.69. The molecule has 7 heteroatoms. The first kappa shape index (κ1) is 32.8. The summed E-state index contributed by atoms with van der Waals surface area (Å²) in [4.78, 5) is 11.2. The Bertz CT molecular complexity index is 1280. The molecule has 0 aliphatic heterocycles. The van der Waals surface area contributed by atoms with Gasteiger partial charge in [0.05, 0.1) is 12.0 Å². The van der Waals surface area contributed by atoms with Crippen molar-refractivity contribution in [1.29, 1.82) is 0 Å². The highest BCUT2D eigenvalue weighted by molar-refractivity contribution is 6.99. The van der Waals surface area contributed by atoms with Crippen LogP contribution in [0.5, 0.6) is 11.5 Å². The van der Waals surface area contributed by atoms with Crippen molar-refractivity contribution in [2.24, 2.45) is 0 Å². The number of nitro benzene ring substituents is 1. The highest BCUT2D eigenvalue weighted by atomic mass is 28.4. The lowest BCUT2D eigenvalue weighted by Gasteiger charge is -2.45. The van der Waals surface area contributed by atoms with Crippen molar-refractivity contribution in [2.75, 3.05) is 7.11 Å². The molecule has 0 aromatic heterocycles. The predicted octanol–water partition coefficient (Wildman–Crippen LogP) is 8.01. The van der Waals surface area contributed by atoms with Gasteiger partial charge in [0.1, 0.15) is 11.9 Å². The summed E-state index contributed by atoms with van der Waals surface area (Å²) in [5.74, 6) is 0.690. The fourth-order valence-corrected chi connectivity index (χ4v) is 10.2. The van der Waals surface area contributed by atoms with Gasteiger partial charge < -0.3 is 13.9 Å². The first-order chi connectivity index (χ1) is 20.0. The van der Waals surface area contributed by atoms with Crippen LogP contribution in [0.3, 0.4) is 0 Å². The van der Waals surface area contributed by atoms with Crippen LogP contribution in [0, 0.1) is 10.1 Å². The van der Waals surface area contributed by atoms with Crippen molar-refractivity contribution >= 4 is 24.4 Å². The summed E-state index contributed by atoms with van der Waals surface area (Å²) >= 11 is 0. The van der Waals surface area contributed by atoms with Crippen molar-refractivity contribution in [3.8, 4) is 11.5 Å². The zero-order valence-corrected chi connectivity index (χ0v) is 26.7. The van der Waals surface area contributed by atoms with E-state index in [2.05, 4.69) is 94.6 Å². The van der Waals surface area contributed by atoms with E-state index in [4.69, 9.17) is 13.9 Å². The van der Waals surface area contributed by atoms with Gasteiger partial charge in [-0.15, -0.1) is 6.58 Å². The highest BCUT2D eigenvalue weighted by Crippen LogP contribution is 2.39. The number of nitrogens with zero attached hydrogens (tertiary/aromatic N) is 1. The minimum Gasteiger partial charge on any atom is -0.497 e. The second kappa shape index (κ2) is 15.0. The molecule has 3 aromatic carbocycles. The van der Waals surface area contributed by atoms with Crippen LogP contribution in [0.1, 0.15) is 59.8 Å². The molecule has 0 aliphatic rings. The molecule has 0 saturated carbocycles. The topological polar surface area (TPSA) is 70.8 Å². The first-order valence-electron chi connectivity index (χ1n) is 14.6. The molecule has 0 heterocycles. The quantitative estimate of drug-likeness (QED) is 0.0558. The predicted molar refractivity (Wildman–Crippen MR) is 175 cm³/mol. The molecule has 3 rings (SSSR count). The van der Waals surface area contributed by atoms with Gasteiger partial charge in [0.15, 0.2) is 0 Å². The fraction of sp³-hybridized carbons (Fsp3) is 0.371. The number of hydrogen-bond donors (Lipinski definition) is 0. The normalized spacial score (nSPS) is 13.2. The molecule has 0 saturated heterocycles. The minimum absolute atomic E-state index is 0.00234. The summed E-state index contributed by atoms with van der Waals surface area (Å²) in [6, 6.07) is 25.9. The summed E-state index contributed by atoms with van der Waals surface area (Å²) in [5, 5.41) is 14.0. The number of rotatable bonds is 16. The molecular weight excluding hydrogens is 542 g/mol. The fourth-order valence-electron chi connectivity index (χ4n) is 5.48. The van der Waals surface area contributed by atoms with Crippen molar-refractivity contribution in [3.05, 3.63) is 114 Å². The van der Waals surface area contributed by atoms with E-state index >= 15 is 0 Å². The monoisotopic (exact) mass is 587 g/mol. The number of benzene rings is 3. The maximum Gasteiger partial charge on any atom is 0.311 e. The Labute approximate surface area is 252 Å². The van der Waals surface area contributed by atoms with Crippen LogP contribution in [0.2, 0.25) is 5.04 Å². The third-order valence-electron chi connectivity index (χ3n) is 7.61. The van der Waals surface area contributed by atoms with E-state index < -0.39 is 13.2 Å². The number of nitro groups is 1. The van der Waals surface area contributed by atoms with Gasteiger partial charge in [-0.3, -0.25) is 10.1 Å². The lowest BCUT2D eigenvalue weighted by atomic mass is 10.0. The molecule has 0 spiro atoms. The standard InChI is InChI=1S/C35H45NO5Si/c1-8-17-28(41-42(35(4,5)6,30-19-11-9-12-20-30)31-21-13-10-14-22-31)18-15-16-23-33(27(2)3)40-34-26-29(39-7)24-25-32(34)36(37)38/h8-14,19-22,24-26,28,33H,1-2,15-18,23H2,3-7H3. The smallest absolute Gasteiger partial charge is 0.311 e. The van der Waals surface area contributed by atoms with Gasteiger partial charge in [-0.1, -0.05) is 101 Å². The SMILES string of the molecule is C=CCC(CCCCC(Oc1cc(OC)ccc1[N+](=O)[O-])C(=C)C)O[Si](c1ccccc1)(c1ccccc1)C(C)(C)C. The van der Waals surface area contributed by atoms with Gasteiger partial charge in [0, 0.05) is 18.2 Å². The summed E-state index contributed by atoms with van der Waals surface area (Å²) in [7, 11) is -1.17. The number of methoxy groups -OCH3 is 1. The van der Waals surface area contributed by atoms with E-state index in [0.29, 0.717) is 12.2 Å². The third kappa shape index (κ3) is 7.99. The van der Waals surface area contributed by atoms with Gasteiger partial charge in [-0.05, 0) is 59.7 Å². The molecule has 3 aromatic rings. The molecular formula is C35H45NO5Si. The van der Waals surface area contributed by atoms with Crippen LogP contribution in [0.25, 0.3) is 0 Å². The van der Waals surface area contributed by atoms with Crippen LogP contribution in [-0.2, 0) is 4.43 Å². The van der Waals surface area contributed by atoms with Gasteiger partial charge in [0.2, 0.25) is 5.75 Å². The first-order valence-corrected chi connectivity index (χ1v) is 16.5. The lowest BCUT2D eigenvalue weighted by Crippen LogP contribution is -2.67. The molecule has 2 atom stereocenters. The zero-order valence-electron chi connectivity index (χ0n) is 25.7. The van der Waals surface area contributed by atoms with Gasteiger partial charge in [0.25, 0.3) is 8.32 Å². The molecule has 0 N–H and O–H groups in total. The van der Waals surface area contributed by atoms with E-state index in [0.717, 1.165) is 31.3 Å². The maximum absolute atomic E-state index is 11.6. The lowest BCUT2D eigenvalue weighted by molar-refractivity contribution is -0.386. The number of unbranched alkanes of at least 4 members (excludes halogenated alkanes) is 1. The van der Waals surface area contributed by atoms with Crippen LogP contribution in [0.4, 0.5) is 5.69 Å². The molecule has 0 bridgehead atoms. The Morgan fingerprint density at radius 1 is 0.976 bits per heavy atom. The summed E-state index contributed by atoms with van der Waals surface area (Å²) in [5.41, 5.74) is 0.727. The van der Waals surface area contributed by atoms with Gasteiger partial charge in [-0.2, -0.15) is 0 Å². The summed E-state index contributed by atoms with van der Waals surface area (Å²) in [6.45, 7) is 16.9. The summed E-state index contributed by atoms with van der Waals surface area (Å²) < 4.78 is 18.8. The van der Waals surface area contributed by atoms with Crippen LogP contribution >= 0.6 is 0 Å². The molecule has 42 heavy (non-hydrogen) atoms. The van der Waals surface area contributed by atoms with Crippen LogP contribution in [0.15, 0.2) is 104 Å². The molecule has 0 radical (unpaired) electrons. The van der Waals surface area contributed by atoms with Crippen molar-refractivity contribution < 1.29 is 18.8 Å². The largest absolute Gasteiger partial charge is 0.497 e. The van der Waals surface area contributed by atoms with Crippen LogP contribution < -0.4 is 19.8 Å². The second-order valence-corrected chi connectivity index (χ2v) is 16.0. The van der Waals surface area contributed by atoms with Gasteiger partial charge in [-0.25, -0.2) is 0 Å². The summed E-state index contributed by atoms with van der Waals surface area (Å²) in [6.07, 6.45) is 5.65. The zero-order chi connectivity index (χ0) is 30.8. The molecule has 224 valence electrons. The van der Waals surface area contributed by atoms with Crippen molar-refractivity contribution in [2.45, 2.75) is 77.0 Å². The molecule has 0 amide bonds. The molecule has 0 fully saturated rings. The molecule has 2 unspecified atom stereocenters. The van der Waals surface area contributed by atoms with Gasteiger partial charge >= 0.3 is 5.69 Å². The Morgan fingerprint density at radius 2 is 1.55 bits per heavy atom. The van der Waals surface area contributed by atoms with Crippen molar-refractivity contribution in [3.63, 3.8) is 0 Å². The Hall–Kier alpha value is -3.68. The maximum atomic E-state index is 11.6. The second-order valence-electron chi connectivity index (χ2n) is 11.8. The van der Waals surface area contributed by atoms with E-state index in [1.165, 1.54) is 23.5 Å². The Kier molecular flexibility index (Phi) is 11.7. The van der Waals surface area contributed by atoms with E-state index in [9.17, 15) is 10.1 Å². The molecule has 0 aliphatic carbocycles. The van der Waals surface area contributed by atoms with E-state index in [-0.39, 0.29) is 28.7 Å².